The van der Waals surface area contributed by atoms with E-state index in [1.54, 1.807) is 7.11 Å². The van der Waals surface area contributed by atoms with Crippen LogP contribution < -0.4 is 5.32 Å². The summed E-state index contributed by atoms with van der Waals surface area (Å²) < 4.78 is 10.5. The monoisotopic (exact) mass is 270 g/mol. The summed E-state index contributed by atoms with van der Waals surface area (Å²) in [7, 11) is 5.77. The van der Waals surface area contributed by atoms with Crippen molar-refractivity contribution in [3.8, 4) is 0 Å². The second kappa shape index (κ2) is 9.01. The lowest BCUT2D eigenvalue weighted by molar-refractivity contribution is 0.161. The molecule has 1 aromatic rings. The van der Waals surface area contributed by atoms with Crippen LogP contribution in [0.1, 0.15) is 25.1 Å². The molecule has 1 heterocycles. The van der Waals surface area contributed by atoms with Crippen LogP contribution in [0.4, 0.5) is 0 Å². The number of rotatable bonds is 10. The highest BCUT2D eigenvalue weighted by molar-refractivity contribution is 4.90. The Morgan fingerprint density at radius 1 is 1.42 bits per heavy atom. The second-order valence-electron chi connectivity index (χ2n) is 4.97. The van der Waals surface area contributed by atoms with E-state index >= 15 is 0 Å². The molecule has 1 N–H and O–H groups in total. The molecule has 1 rings (SSSR count). The van der Waals surface area contributed by atoms with Crippen molar-refractivity contribution in [1.29, 1.82) is 0 Å². The Morgan fingerprint density at radius 2 is 2.21 bits per heavy atom. The van der Waals surface area contributed by atoms with Crippen molar-refractivity contribution in [2.75, 3.05) is 40.9 Å². The molecule has 19 heavy (non-hydrogen) atoms. The maximum absolute atomic E-state index is 5.28. The number of nitrogens with zero attached hydrogens (tertiary/aromatic N) is 3. The molecule has 1 atom stereocenters. The molecular formula is C13H26N4O2. The van der Waals surface area contributed by atoms with Gasteiger partial charge in [0.2, 0.25) is 5.89 Å². The Balaban J connectivity index is 2.44. The van der Waals surface area contributed by atoms with Crippen LogP contribution >= 0.6 is 0 Å². The third kappa shape index (κ3) is 6.66. The summed E-state index contributed by atoms with van der Waals surface area (Å²) in [5, 5.41) is 7.42. The Hall–Kier alpha value is -0.980. The quantitative estimate of drug-likeness (QED) is 0.676. The number of hydrogen-bond acceptors (Lipinski definition) is 6. The number of aromatic nitrogens is 2. The van der Waals surface area contributed by atoms with Gasteiger partial charge < -0.3 is 19.5 Å². The molecule has 110 valence electrons. The average molecular weight is 270 g/mol. The molecule has 0 fully saturated rings. The van der Waals surface area contributed by atoms with Crippen molar-refractivity contribution in [2.45, 2.75) is 32.2 Å². The van der Waals surface area contributed by atoms with E-state index in [1.165, 1.54) is 0 Å². The number of hydrogen-bond donors (Lipinski definition) is 1. The van der Waals surface area contributed by atoms with Gasteiger partial charge >= 0.3 is 0 Å². The average Bonchev–Trinajstić information content (AvgIpc) is 2.81. The van der Waals surface area contributed by atoms with E-state index in [0.717, 1.165) is 31.8 Å². The highest BCUT2D eigenvalue weighted by atomic mass is 16.5. The first-order valence-corrected chi connectivity index (χ1v) is 6.84. The molecular weight excluding hydrogens is 244 g/mol. The number of ether oxygens (including phenoxy) is 1. The topological polar surface area (TPSA) is 63.4 Å². The SMILES string of the molecule is CCCNC(COC)Cc1nc(CCN(C)C)no1. The lowest BCUT2D eigenvalue weighted by Gasteiger charge is -2.15. The van der Waals surface area contributed by atoms with Gasteiger partial charge in [0.05, 0.1) is 6.61 Å². The van der Waals surface area contributed by atoms with Crippen LogP contribution in [0.25, 0.3) is 0 Å². The minimum Gasteiger partial charge on any atom is -0.383 e. The summed E-state index contributed by atoms with van der Waals surface area (Å²) in [6.45, 7) is 4.68. The van der Waals surface area contributed by atoms with E-state index in [2.05, 4.69) is 27.3 Å². The third-order valence-electron chi connectivity index (χ3n) is 2.76. The fourth-order valence-electron chi connectivity index (χ4n) is 1.75. The molecule has 0 radical (unpaired) electrons. The van der Waals surface area contributed by atoms with Crippen molar-refractivity contribution in [3.05, 3.63) is 11.7 Å². The van der Waals surface area contributed by atoms with Gasteiger partial charge in [0, 0.05) is 32.5 Å². The summed E-state index contributed by atoms with van der Waals surface area (Å²) in [5.74, 6) is 1.45. The summed E-state index contributed by atoms with van der Waals surface area (Å²) in [4.78, 5) is 6.52. The molecule has 0 aliphatic heterocycles. The molecule has 0 amide bonds. The van der Waals surface area contributed by atoms with E-state index in [0.29, 0.717) is 18.9 Å². The fraction of sp³-hybridized carbons (Fsp3) is 0.846. The predicted molar refractivity (Wildman–Crippen MR) is 74.2 cm³/mol. The predicted octanol–water partition coefficient (Wildman–Crippen LogP) is 0.731. The molecule has 1 aromatic heterocycles. The highest BCUT2D eigenvalue weighted by Crippen LogP contribution is 2.03. The highest BCUT2D eigenvalue weighted by Gasteiger charge is 2.14. The Bertz CT molecular complexity index is 341. The van der Waals surface area contributed by atoms with E-state index in [-0.39, 0.29) is 6.04 Å². The largest absolute Gasteiger partial charge is 0.383 e. The minimum absolute atomic E-state index is 0.229. The number of likely N-dealkylation sites (N-methyl/N-ethyl adjacent to an activating group) is 1. The van der Waals surface area contributed by atoms with Gasteiger partial charge in [0.15, 0.2) is 5.82 Å². The molecule has 0 aromatic carbocycles. The first-order chi connectivity index (χ1) is 9.15. The summed E-state index contributed by atoms with van der Waals surface area (Å²) in [6.07, 6.45) is 2.62. The van der Waals surface area contributed by atoms with Crippen LogP contribution in [0.2, 0.25) is 0 Å². The van der Waals surface area contributed by atoms with Crippen LogP contribution in [-0.2, 0) is 17.6 Å². The standard InChI is InChI=1S/C13H26N4O2/c1-5-7-14-11(10-18-4)9-13-15-12(16-19-13)6-8-17(2)3/h11,14H,5-10H2,1-4H3. The zero-order valence-corrected chi connectivity index (χ0v) is 12.5. The van der Waals surface area contributed by atoms with Crippen molar-refractivity contribution in [3.63, 3.8) is 0 Å². The van der Waals surface area contributed by atoms with Gasteiger partial charge in [-0.1, -0.05) is 12.1 Å². The van der Waals surface area contributed by atoms with E-state index < -0.39 is 0 Å². The van der Waals surface area contributed by atoms with Crippen molar-refractivity contribution in [1.82, 2.24) is 20.4 Å². The third-order valence-corrected chi connectivity index (χ3v) is 2.76. The Morgan fingerprint density at radius 3 is 2.84 bits per heavy atom. The molecule has 0 bridgehead atoms. The number of nitrogens with one attached hydrogen (secondary N) is 1. The number of methoxy groups -OCH3 is 1. The second-order valence-corrected chi connectivity index (χ2v) is 4.97. The molecule has 6 nitrogen and oxygen atoms in total. The van der Waals surface area contributed by atoms with Crippen molar-refractivity contribution < 1.29 is 9.26 Å². The van der Waals surface area contributed by atoms with Crippen LogP contribution in [0.3, 0.4) is 0 Å². The summed E-state index contributed by atoms with van der Waals surface area (Å²) in [5.41, 5.74) is 0. The zero-order chi connectivity index (χ0) is 14.1. The van der Waals surface area contributed by atoms with Gasteiger partial charge in [-0.3, -0.25) is 0 Å². The maximum Gasteiger partial charge on any atom is 0.228 e. The molecule has 0 saturated heterocycles. The van der Waals surface area contributed by atoms with Crippen LogP contribution in [-0.4, -0.2) is 62.0 Å². The van der Waals surface area contributed by atoms with Gasteiger partial charge in [0.25, 0.3) is 0 Å². The van der Waals surface area contributed by atoms with Crippen LogP contribution in [0, 0.1) is 0 Å². The zero-order valence-electron chi connectivity index (χ0n) is 12.5. The molecule has 6 heteroatoms. The van der Waals surface area contributed by atoms with E-state index in [9.17, 15) is 0 Å². The van der Waals surface area contributed by atoms with Crippen LogP contribution in [0.5, 0.6) is 0 Å². The minimum atomic E-state index is 0.229. The smallest absolute Gasteiger partial charge is 0.228 e. The van der Waals surface area contributed by atoms with Gasteiger partial charge in [-0.15, -0.1) is 0 Å². The maximum atomic E-state index is 5.28. The van der Waals surface area contributed by atoms with Crippen molar-refractivity contribution >= 4 is 0 Å². The molecule has 0 spiro atoms. The molecule has 0 aliphatic rings. The summed E-state index contributed by atoms with van der Waals surface area (Å²) >= 11 is 0. The first kappa shape index (κ1) is 16.1. The van der Waals surface area contributed by atoms with E-state index in [1.807, 2.05) is 14.1 Å². The van der Waals surface area contributed by atoms with Gasteiger partial charge in [-0.05, 0) is 27.1 Å². The molecule has 0 aliphatic carbocycles. The first-order valence-electron chi connectivity index (χ1n) is 6.84. The summed E-state index contributed by atoms with van der Waals surface area (Å²) in [6, 6.07) is 0.229. The Labute approximate surface area is 115 Å². The normalized spacial score (nSPS) is 13.1. The lowest BCUT2D eigenvalue weighted by Crippen LogP contribution is -2.35. The molecule has 1 unspecified atom stereocenters. The lowest BCUT2D eigenvalue weighted by atomic mass is 10.2. The fourth-order valence-corrected chi connectivity index (χ4v) is 1.75. The van der Waals surface area contributed by atoms with E-state index in [4.69, 9.17) is 9.26 Å². The molecule has 0 saturated carbocycles. The van der Waals surface area contributed by atoms with Crippen molar-refractivity contribution in [2.24, 2.45) is 0 Å². The van der Waals surface area contributed by atoms with Crippen LogP contribution in [0.15, 0.2) is 4.52 Å². The van der Waals surface area contributed by atoms with Gasteiger partial charge in [0.1, 0.15) is 0 Å². The Kier molecular flexibility index (Phi) is 7.62. The van der Waals surface area contributed by atoms with Gasteiger partial charge in [-0.2, -0.15) is 4.98 Å². The van der Waals surface area contributed by atoms with Gasteiger partial charge in [-0.25, -0.2) is 0 Å².